The van der Waals surface area contributed by atoms with Crippen LogP contribution in [0.3, 0.4) is 0 Å². The molecule has 1 unspecified atom stereocenters. The Bertz CT molecular complexity index is 272. The molecule has 15 heavy (non-hydrogen) atoms. The third-order valence-corrected chi connectivity index (χ3v) is 2.59. The van der Waals surface area contributed by atoms with E-state index in [9.17, 15) is 9.59 Å². The van der Waals surface area contributed by atoms with Crippen molar-refractivity contribution in [3.05, 3.63) is 12.7 Å². The van der Waals surface area contributed by atoms with Crippen molar-refractivity contribution in [2.45, 2.75) is 26.2 Å². The maximum absolute atomic E-state index is 11.7. The molecule has 1 rings (SSSR count). The number of rotatable bonds is 5. The van der Waals surface area contributed by atoms with Crippen molar-refractivity contribution >= 4 is 11.9 Å². The molecule has 4 nitrogen and oxygen atoms in total. The molecule has 0 aliphatic carbocycles. The van der Waals surface area contributed by atoms with Crippen molar-refractivity contribution in [3.8, 4) is 0 Å². The van der Waals surface area contributed by atoms with Crippen molar-refractivity contribution in [3.63, 3.8) is 0 Å². The van der Waals surface area contributed by atoms with Gasteiger partial charge in [0.1, 0.15) is 0 Å². The zero-order chi connectivity index (χ0) is 11.3. The fourth-order valence-electron chi connectivity index (χ4n) is 1.69. The Balaban J connectivity index is 2.80. The van der Waals surface area contributed by atoms with E-state index >= 15 is 0 Å². The van der Waals surface area contributed by atoms with Gasteiger partial charge in [-0.15, -0.1) is 6.58 Å². The van der Waals surface area contributed by atoms with Crippen LogP contribution in [0.5, 0.6) is 0 Å². The van der Waals surface area contributed by atoms with Crippen LogP contribution < -0.4 is 0 Å². The highest BCUT2D eigenvalue weighted by Crippen LogP contribution is 2.36. The van der Waals surface area contributed by atoms with Crippen molar-refractivity contribution in [2.75, 3.05) is 13.2 Å². The van der Waals surface area contributed by atoms with Gasteiger partial charge in [0, 0.05) is 6.42 Å². The summed E-state index contributed by atoms with van der Waals surface area (Å²) in [6.45, 7) is 5.88. The first-order valence-corrected chi connectivity index (χ1v) is 5.12. The molecular formula is C11H16O4. The normalized spacial score (nSPS) is 24.7. The van der Waals surface area contributed by atoms with Crippen molar-refractivity contribution < 1.29 is 19.1 Å². The summed E-state index contributed by atoms with van der Waals surface area (Å²) in [5.74, 6) is -0.919. The second-order valence-corrected chi connectivity index (χ2v) is 3.52. The topological polar surface area (TPSA) is 52.6 Å². The molecule has 4 heteroatoms. The van der Waals surface area contributed by atoms with Crippen LogP contribution in [0.15, 0.2) is 12.7 Å². The standard InChI is InChI=1S/C11H16O4/c1-3-5-6-11(9(12)14-4-2)7-8-15-10(11)13/h3H,1,4-8H2,2H3. The number of allylic oxidation sites excluding steroid dienone is 1. The summed E-state index contributed by atoms with van der Waals surface area (Å²) in [5, 5.41) is 0. The van der Waals surface area contributed by atoms with E-state index in [-0.39, 0.29) is 6.61 Å². The van der Waals surface area contributed by atoms with Crippen molar-refractivity contribution in [1.82, 2.24) is 0 Å². The van der Waals surface area contributed by atoms with Gasteiger partial charge < -0.3 is 9.47 Å². The number of cyclic esters (lactones) is 1. The lowest BCUT2D eigenvalue weighted by molar-refractivity contribution is -0.164. The molecule has 1 saturated heterocycles. The zero-order valence-electron chi connectivity index (χ0n) is 8.95. The molecule has 0 radical (unpaired) electrons. The highest BCUT2D eigenvalue weighted by Gasteiger charge is 2.51. The minimum absolute atomic E-state index is 0.280. The highest BCUT2D eigenvalue weighted by atomic mass is 16.6. The molecule has 0 amide bonds. The van der Waals surface area contributed by atoms with Crippen LogP contribution in [0.1, 0.15) is 26.2 Å². The largest absolute Gasteiger partial charge is 0.465 e. The molecule has 1 fully saturated rings. The van der Waals surface area contributed by atoms with Gasteiger partial charge in [0.2, 0.25) is 0 Å². The van der Waals surface area contributed by atoms with Crippen LogP contribution in [-0.4, -0.2) is 25.2 Å². The first-order chi connectivity index (χ1) is 7.17. The van der Waals surface area contributed by atoms with E-state index in [1.54, 1.807) is 13.0 Å². The summed E-state index contributed by atoms with van der Waals surface area (Å²) >= 11 is 0. The number of ether oxygens (including phenoxy) is 2. The second-order valence-electron chi connectivity index (χ2n) is 3.52. The van der Waals surface area contributed by atoms with Gasteiger partial charge in [0.15, 0.2) is 5.41 Å². The monoisotopic (exact) mass is 212 g/mol. The zero-order valence-corrected chi connectivity index (χ0v) is 8.95. The average Bonchev–Trinajstić information content (AvgIpc) is 2.58. The van der Waals surface area contributed by atoms with Crippen LogP contribution >= 0.6 is 0 Å². The van der Waals surface area contributed by atoms with Crippen molar-refractivity contribution in [1.29, 1.82) is 0 Å². The number of carbonyl (C=O) groups excluding carboxylic acids is 2. The summed E-state index contributed by atoms with van der Waals surface area (Å²) in [7, 11) is 0. The molecule has 0 saturated carbocycles. The Kier molecular flexibility index (Phi) is 3.88. The minimum Gasteiger partial charge on any atom is -0.465 e. The van der Waals surface area contributed by atoms with E-state index < -0.39 is 17.4 Å². The molecule has 0 spiro atoms. The molecule has 0 aromatic heterocycles. The molecule has 1 aliphatic heterocycles. The van der Waals surface area contributed by atoms with Gasteiger partial charge in [0.05, 0.1) is 13.2 Å². The van der Waals surface area contributed by atoms with Crippen LogP contribution in [0.25, 0.3) is 0 Å². The predicted octanol–water partition coefficient (Wildman–Crippen LogP) is 1.45. The van der Waals surface area contributed by atoms with Gasteiger partial charge in [-0.2, -0.15) is 0 Å². The highest BCUT2D eigenvalue weighted by molar-refractivity contribution is 6.01. The fourth-order valence-corrected chi connectivity index (χ4v) is 1.69. The Morgan fingerprint density at radius 1 is 1.73 bits per heavy atom. The van der Waals surface area contributed by atoms with E-state index in [2.05, 4.69) is 6.58 Å². The summed E-state index contributed by atoms with van der Waals surface area (Å²) < 4.78 is 9.78. The number of carbonyl (C=O) groups is 2. The molecule has 1 heterocycles. The van der Waals surface area contributed by atoms with Crippen LogP contribution in [0, 0.1) is 5.41 Å². The minimum atomic E-state index is -1.08. The number of esters is 2. The van der Waals surface area contributed by atoms with E-state index in [0.29, 0.717) is 25.9 Å². The Morgan fingerprint density at radius 3 is 2.93 bits per heavy atom. The van der Waals surface area contributed by atoms with Gasteiger partial charge in [-0.05, 0) is 19.8 Å². The molecular weight excluding hydrogens is 196 g/mol. The van der Waals surface area contributed by atoms with Gasteiger partial charge in [0.25, 0.3) is 0 Å². The van der Waals surface area contributed by atoms with Gasteiger partial charge >= 0.3 is 11.9 Å². The summed E-state index contributed by atoms with van der Waals surface area (Å²) in [6, 6.07) is 0. The fraction of sp³-hybridized carbons (Fsp3) is 0.636. The van der Waals surface area contributed by atoms with E-state index in [4.69, 9.17) is 9.47 Å². The third kappa shape index (κ3) is 2.19. The Labute approximate surface area is 89.2 Å². The maximum Gasteiger partial charge on any atom is 0.323 e. The van der Waals surface area contributed by atoms with Gasteiger partial charge in [-0.25, -0.2) is 0 Å². The Morgan fingerprint density at radius 2 is 2.47 bits per heavy atom. The molecule has 1 atom stereocenters. The SMILES string of the molecule is C=CCCC1(C(=O)OCC)CCOC1=O. The second kappa shape index (κ2) is 4.96. The van der Waals surface area contributed by atoms with E-state index in [1.807, 2.05) is 0 Å². The lowest BCUT2D eigenvalue weighted by Gasteiger charge is -2.21. The Hall–Kier alpha value is -1.32. The quantitative estimate of drug-likeness (QED) is 0.393. The summed E-state index contributed by atoms with van der Waals surface area (Å²) in [6.07, 6.45) is 3.13. The summed E-state index contributed by atoms with van der Waals surface area (Å²) in [5.41, 5.74) is -1.08. The van der Waals surface area contributed by atoms with E-state index in [0.717, 1.165) is 0 Å². The molecule has 0 aromatic rings. The van der Waals surface area contributed by atoms with Crippen LogP contribution in [-0.2, 0) is 19.1 Å². The van der Waals surface area contributed by atoms with Gasteiger partial charge in [-0.1, -0.05) is 6.08 Å². The number of hydrogen-bond acceptors (Lipinski definition) is 4. The first-order valence-electron chi connectivity index (χ1n) is 5.12. The number of hydrogen-bond donors (Lipinski definition) is 0. The molecule has 0 aromatic carbocycles. The summed E-state index contributed by atoms with van der Waals surface area (Å²) in [4.78, 5) is 23.3. The third-order valence-electron chi connectivity index (χ3n) is 2.59. The van der Waals surface area contributed by atoms with Crippen LogP contribution in [0.4, 0.5) is 0 Å². The molecule has 84 valence electrons. The molecule has 0 bridgehead atoms. The molecule has 0 N–H and O–H groups in total. The smallest absolute Gasteiger partial charge is 0.323 e. The van der Waals surface area contributed by atoms with E-state index in [1.165, 1.54) is 0 Å². The molecule has 1 aliphatic rings. The maximum atomic E-state index is 11.7. The van der Waals surface area contributed by atoms with Crippen LogP contribution in [0.2, 0.25) is 0 Å². The first kappa shape index (κ1) is 11.8. The predicted molar refractivity (Wildman–Crippen MR) is 54.1 cm³/mol. The van der Waals surface area contributed by atoms with Gasteiger partial charge in [-0.3, -0.25) is 9.59 Å². The lowest BCUT2D eigenvalue weighted by atomic mass is 9.82. The van der Waals surface area contributed by atoms with Crippen molar-refractivity contribution in [2.24, 2.45) is 5.41 Å². The average molecular weight is 212 g/mol. The lowest BCUT2D eigenvalue weighted by Crippen LogP contribution is -2.37.